The van der Waals surface area contributed by atoms with Crippen LogP contribution < -0.4 is 5.73 Å². The third-order valence-electron chi connectivity index (χ3n) is 8.38. The van der Waals surface area contributed by atoms with Crippen LogP contribution in [0.5, 0.6) is 0 Å². The van der Waals surface area contributed by atoms with Gasteiger partial charge in [0.2, 0.25) is 0 Å². The van der Waals surface area contributed by atoms with E-state index in [1.165, 1.54) is 38.5 Å². The second-order valence-corrected chi connectivity index (χ2v) is 10.1. The van der Waals surface area contributed by atoms with Crippen molar-refractivity contribution in [2.45, 2.75) is 63.5 Å². The molecule has 136 valence electrons. The van der Waals surface area contributed by atoms with Gasteiger partial charge in [0.1, 0.15) is 4.75 Å². The maximum Gasteiger partial charge on any atom is 0.160 e. The summed E-state index contributed by atoms with van der Waals surface area (Å²) in [7, 11) is 0. The minimum absolute atomic E-state index is 0.159. The van der Waals surface area contributed by atoms with Gasteiger partial charge in [-0.3, -0.25) is 4.79 Å². The predicted molar refractivity (Wildman–Crippen MR) is 107 cm³/mol. The number of benzene rings is 1. The number of thioether (sulfide) groups is 1. The highest BCUT2D eigenvalue weighted by molar-refractivity contribution is 8.00. The standard InChI is InChI=1S/C22H31NOS/c1-20-13-7-6-8-15(20)11-12-16-14-22(25-3,19(24)21(16,20)2)17-9-4-5-10-18(17)23/h4-5,9-10,15-16H,6-8,11-14,23H2,1-3H3/t15-,16+,20+,21-,22?/m1/s1. The third kappa shape index (κ3) is 2.08. The van der Waals surface area contributed by atoms with Gasteiger partial charge in [0, 0.05) is 11.1 Å². The summed E-state index contributed by atoms with van der Waals surface area (Å²) in [5.74, 6) is 1.67. The fourth-order valence-corrected chi connectivity index (χ4v) is 7.87. The van der Waals surface area contributed by atoms with Crippen LogP contribution in [0.1, 0.15) is 64.4 Å². The average Bonchev–Trinajstić information content (AvgIpc) is 2.85. The smallest absolute Gasteiger partial charge is 0.160 e. The number of anilines is 1. The van der Waals surface area contributed by atoms with E-state index in [9.17, 15) is 4.79 Å². The number of nitrogen functional groups attached to an aromatic ring is 1. The molecular formula is C22H31NOS. The summed E-state index contributed by atoms with van der Waals surface area (Å²) >= 11 is 1.73. The lowest BCUT2D eigenvalue weighted by Gasteiger charge is -2.57. The Labute approximate surface area is 156 Å². The molecule has 1 aromatic carbocycles. The molecule has 0 heterocycles. The van der Waals surface area contributed by atoms with E-state index in [-0.39, 0.29) is 10.8 Å². The zero-order valence-corrected chi connectivity index (χ0v) is 16.6. The lowest BCUT2D eigenvalue weighted by molar-refractivity contribution is -0.149. The summed E-state index contributed by atoms with van der Waals surface area (Å²) in [4.78, 5) is 14.2. The minimum atomic E-state index is -0.458. The van der Waals surface area contributed by atoms with Crippen molar-refractivity contribution < 1.29 is 4.79 Å². The van der Waals surface area contributed by atoms with Crippen molar-refractivity contribution in [3.63, 3.8) is 0 Å². The number of ketones is 1. The Morgan fingerprint density at radius 3 is 2.52 bits per heavy atom. The second-order valence-electron chi connectivity index (χ2n) is 8.99. The summed E-state index contributed by atoms with van der Waals surface area (Å²) in [5, 5.41) is 0. The number of carbonyl (C=O) groups is 1. The van der Waals surface area contributed by atoms with Crippen molar-refractivity contribution in [2.24, 2.45) is 22.7 Å². The van der Waals surface area contributed by atoms with Crippen molar-refractivity contribution >= 4 is 23.2 Å². The first kappa shape index (κ1) is 17.5. The molecule has 0 spiro atoms. The fraction of sp³-hybridized carbons (Fsp3) is 0.682. The number of rotatable bonds is 2. The van der Waals surface area contributed by atoms with Crippen LogP contribution in [0, 0.1) is 22.7 Å². The SMILES string of the molecule is CSC1(c2ccccc2N)C[C@@H]2CC[C@H]3CCCC[C@]3(C)[C@@]2(C)C1=O. The second kappa shape index (κ2) is 5.77. The molecule has 0 aliphatic heterocycles. The molecule has 1 aromatic rings. The number of fused-ring (bicyclic) bond motifs is 3. The molecule has 3 saturated carbocycles. The van der Waals surface area contributed by atoms with Gasteiger partial charge in [0.25, 0.3) is 0 Å². The molecule has 0 radical (unpaired) electrons. The average molecular weight is 358 g/mol. The molecule has 4 rings (SSSR count). The van der Waals surface area contributed by atoms with E-state index in [2.05, 4.69) is 26.2 Å². The maximum atomic E-state index is 14.2. The minimum Gasteiger partial charge on any atom is -0.398 e. The number of Topliss-reactive ketones (excluding diaryl/α,β-unsaturated/α-hetero) is 1. The van der Waals surface area contributed by atoms with Gasteiger partial charge in [-0.1, -0.05) is 44.9 Å². The number of hydrogen-bond donors (Lipinski definition) is 1. The molecule has 2 N–H and O–H groups in total. The molecule has 5 atom stereocenters. The van der Waals surface area contributed by atoms with Crippen molar-refractivity contribution in [2.75, 3.05) is 12.0 Å². The molecule has 3 aliphatic carbocycles. The molecule has 0 amide bonds. The Hall–Kier alpha value is -0.960. The van der Waals surface area contributed by atoms with E-state index in [4.69, 9.17) is 5.73 Å². The Morgan fingerprint density at radius 1 is 1.08 bits per heavy atom. The molecule has 2 nitrogen and oxygen atoms in total. The predicted octanol–water partition coefficient (Wildman–Crippen LogP) is 5.41. The van der Waals surface area contributed by atoms with E-state index >= 15 is 0 Å². The van der Waals surface area contributed by atoms with Crippen LogP contribution in [-0.4, -0.2) is 12.0 Å². The molecule has 3 fully saturated rings. The van der Waals surface area contributed by atoms with Crippen molar-refractivity contribution in [1.29, 1.82) is 0 Å². The highest BCUT2D eigenvalue weighted by atomic mass is 32.2. The molecule has 3 heteroatoms. The number of hydrogen-bond acceptors (Lipinski definition) is 3. The van der Waals surface area contributed by atoms with Crippen LogP contribution in [0.3, 0.4) is 0 Å². The van der Waals surface area contributed by atoms with Gasteiger partial charge in [-0.15, -0.1) is 11.8 Å². The molecule has 0 aromatic heterocycles. The Balaban J connectivity index is 1.85. The van der Waals surface area contributed by atoms with Crippen LogP contribution in [0.2, 0.25) is 0 Å². The van der Waals surface area contributed by atoms with Crippen molar-refractivity contribution in [3.05, 3.63) is 29.8 Å². The normalized spacial score (nSPS) is 43.6. The Kier molecular flexibility index (Phi) is 4.03. The topological polar surface area (TPSA) is 43.1 Å². The lowest BCUT2D eigenvalue weighted by Crippen LogP contribution is -2.55. The largest absolute Gasteiger partial charge is 0.398 e. The van der Waals surface area contributed by atoms with E-state index in [1.807, 2.05) is 18.2 Å². The first-order valence-electron chi connectivity index (χ1n) is 9.85. The molecule has 0 saturated heterocycles. The van der Waals surface area contributed by atoms with Gasteiger partial charge in [-0.25, -0.2) is 0 Å². The molecule has 0 bridgehead atoms. The maximum absolute atomic E-state index is 14.2. The molecule has 3 aliphatic rings. The van der Waals surface area contributed by atoms with Crippen LogP contribution in [0.4, 0.5) is 5.69 Å². The van der Waals surface area contributed by atoms with E-state index < -0.39 is 4.75 Å². The quantitative estimate of drug-likeness (QED) is 0.719. The number of para-hydroxylation sites is 1. The Morgan fingerprint density at radius 2 is 1.80 bits per heavy atom. The van der Waals surface area contributed by atoms with Crippen molar-refractivity contribution in [3.8, 4) is 0 Å². The van der Waals surface area contributed by atoms with Gasteiger partial charge in [-0.05, 0) is 67.2 Å². The van der Waals surface area contributed by atoms with Crippen LogP contribution >= 0.6 is 11.8 Å². The van der Waals surface area contributed by atoms with Crippen LogP contribution in [0.15, 0.2) is 24.3 Å². The number of carbonyl (C=O) groups excluding carboxylic acids is 1. The zero-order valence-electron chi connectivity index (χ0n) is 15.8. The van der Waals surface area contributed by atoms with Crippen molar-refractivity contribution in [1.82, 2.24) is 0 Å². The van der Waals surface area contributed by atoms with Gasteiger partial charge < -0.3 is 5.73 Å². The van der Waals surface area contributed by atoms with E-state index in [0.29, 0.717) is 11.7 Å². The zero-order chi connectivity index (χ0) is 17.9. The summed E-state index contributed by atoms with van der Waals surface area (Å²) < 4.78 is -0.458. The lowest BCUT2D eigenvalue weighted by atomic mass is 9.46. The van der Waals surface area contributed by atoms with Gasteiger partial charge in [0.05, 0.1) is 0 Å². The van der Waals surface area contributed by atoms with Gasteiger partial charge >= 0.3 is 0 Å². The fourth-order valence-electron chi connectivity index (χ4n) is 6.70. The molecule has 25 heavy (non-hydrogen) atoms. The summed E-state index contributed by atoms with van der Waals surface area (Å²) in [6.07, 6.45) is 10.7. The highest BCUT2D eigenvalue weighted by Gasteiger charge is 2.69. The monoisotopic (exact) mass is 357 g/mol. The number of nitrogens with two attached hydrogens (primary N) is 1. The van der Waals surface area contributed by atoms with Gasteiger partial charge in [-0.2, -0.15) is 0 Å². The van der Waals surface area contributed by atoms with Crippen LogP contribution in [0.25, 0.3) is 0 Å². The van der Waals surface area contributed by atoms with Gasteiger partial charge in [0.15, 0.2) is 5.78 Å². The summed E-state index contributed by atoms with van der Waals surface area (Å²) in [6, 6.07) is 8.05. The first-order valence-corrected chi connectivity index (χ1v) is 11.1. The summed E-state index contributed by atoms with van der Waals surface area (Å²) in [6.45, 7) is 4.75. The Bertz CT molecular complexity index is 703. The van der Waals surface area contributed by atoms with Crippen LogP contribution in [-0.2, 0) is 9.54 Å². The molecular weight excluding hydrogens is 326 g/mol. The first-order chi connectivity index (χ1) is 11.9. The molecule has 1 unspecified atom stereocenters. The summed E-state index contributed by atoms with van der Waals surface area (Å²) in [5.41, 5.74) is 8.14. The third-order valence-corrected chi connectivity index (χ3v) is 9.65. The van der Waals surface area contributed by atoms with E-state index in [0.717, 1.165) is 23.6 Å². The van der Waals surface area contributed by atoms with E-state index in [1.54, 1.807) is 11.8 Å². The highest BCUT2D eigenvalue weighted by Crippen LogP contribution is 2.70.